The van der Waals surface area contributed by atoms with Crippen molar-refractivity contribution in [1.29, 1.82) is 0 Å². The maximum atomic E-state index is 12.7. The maximum Gasteiger partial charge on any atom is 0.350 e. The Labute approximate surface area is 162 Å². The summed E-state index contributed by atoms with van der Waals surface area (Å²) < 4.78 is 30.2. The molecule has 144 valence electrons. The summed E-state index contributed by atoms with van der Waals surface area (Å²) in [5.74, 6) is -3.63. The van der Waals surface area contributed by atoms with E-state index in [9.17, 15) is 18.4 Å². The van der Waals surface area contributed by atoms with Gasteiger partial charge in [0.15, 0.2) is 5.13 Å². The third-order valence-electron chi connectivity index (χ3n) is 4.20. The smallest absolute Gasteiger partial charge is 0.350 e. The third kappa shape index (κ3) is 4.62. The van der Waals surface area contributed by atoms with Crippen molar-refractivity contribution in [3.63, 3.8) is 0 Å². The molecule has 0 atom stereocenters. The first-order chi connectivity index (χ1) is 13.0. The molecule has 0 unspecified atom stereocenters. The highest BCUT2D eigenvalue weighted by Gasteiger charge is 2.28. The number of thioether (sulfide) groups is 1. The van der Waals surface area contributed by atoms with Crippen LogP contribution >= 0.6 is 23.1 Å². The number of alkyl halides is 2. The molecule has 6 nitrogen and oxygen atoms in total. The molecule has 10 heteroatoms. The standard InChI is InChI=1S/C17H17F2N3O3S2/c1-25-15(24)12-11(9-5-2-3-6-9)21-17(26-12)22-13(23)10-7-4-8-20-14(10)27-16(18)19/h4,7-9,16H,2-3,5-6H2,1H3,(H,21,22,23). The Hall–Kier alpha value is -2.07. The zero-order valence-electron chi connectivity index (χ0n) is 14.4. The number of amides is 1. The first kappa shape index (κ1) is 19.7. The quantitative estimate of drug-likeness (QED) is 0.553. The Morgan fingerprint density at radius 2 is 2.11 bits per heavy atom. The van der Waals surface area contributed by atoms with Crippen LogP contribution in [0.3, 0.4) is 0 Å². The van der Waals surface area contributed by atoms with Crippen LogP contribution in [0.1, 0.15) is 57.3 Å². The number of ether oxygens (including phenoxy) is 1. The third-order valence-corrected chi connectivity index (χ3v) is 5.90. The summed E-state index contributed by atoms with van der Waals surface area (Å²) in [5.41, 5.74) is 0.660. The Kier molecular flexibility index (Phi) is 6.38. The van der Waals surface area contributed by atoms with Crippen molar-refractivity contribution in [3.8, 4) is 0 Å². The number of carbonyl (C=O) groups is 2. The number of thiazole rings is 1. The number of esters is 1. The van der Waals surface area contributed by atoms with Gasteiger partial charge in [-0.2, -0.15) is 8.78 Å². The van der Waals surface area contributed by atoms with Gasteiger partial charge in [0.05, 0.1) is 18.4 Å². The zero-order chi connectivity index (χ0) is 19.4. The first-order valence-electron chi connectivity index (χ1n) is 8.29. The van der Waals surface area contributed by atoms with E-state index in [4.69, 9.17) is 4.74 Å². The number of carbonyl (C=O) groups excluding carboxylic acids is 2. The molecule has 1 fully saturated rings. The second kappa shape index (κ2) is 8.75. The van der Waals surface area contributed by atoms with Gasteiger partial charge < -0.3 is 4.74 Å². The van der Waals surface area contributed by atoms with E-state index in [1.807, 2.05) is 0 Å². The molecule has 0 saturated heterocycles. The van der Waals surface area contributed by atoms with Crippen molar-refractivity contribution in [2.75, 3.05) is 12.4 Å². The van der Waals surface area contributed by atoms with Gasteiger partial charge in [0.1, 0.15) is 9.90 Å². The number of pyridine rings is 1. The number of nitrogens with zero attached hydrogens (tertiary/aromatic N) is 2. The predicted octanol–water partition coefficient (Wildman–Crippen LogP) is 4.55. The van der Waals surface area contributed by atoms with E-state index in [-0.39, 0.29) is 33.4 Å². The molecule has 1 N–H and O–H groups in total. The summed E-state index contributed by atoms with van der Waals surface area (Å²) >= 11 is 1.23. The van der Waals surface area contributed by atoms with Gasteiger partial charge in [-0.25, -0.2) is 14.8 Å². The lowest BCUT2D eigenvalue weighted by Gasteiger charge is -2.07. The number of methoxy groups -OCH3 is 1. The van der Waals surface area contributed by atoms with E-state index >= 15 is 0 Å². The van der Waals surface area contributed by atoms with Crippen LogP contribution in [-0.2, 0) is 4.74 Å². The number of aromatic nitrogens is 2. The predicted molar refractivity (Wildman–Crippen MR) is 98.7 cm³/mol. The number of hydrogen-bond donors (Lipinski definition) is 1. The summed E-state index contributed by atoms with van der Waals surface area (Å²) in [5, 5.41) is 2.77. The first-order valence-corrected chi connectivity index (χ1v) is 9.99. The molecule has 0 radical (unpaired) electrons. The summed E-state index contributed by atoms with van der Waals surface area (Å²) in [6, 6.07) is 2.91. The van der Waals surface area contributed by atoms with Crippen LogP contribution in [0, 0.1) is 0 Å². The van der Waals surface area contributed by atoms with Gasteiger partial charge in [-0.1, -0.05) is 24.2 Å². The van der Waals surface area contributed by atoms with Gasteiger partial charge in [0.2, 0.25) is 0 Å². The van der Waals surface area contributed by atoms with Crippen LogP contribution < -0.4 is 5.32 Å². The number of anilines is 1. The highest BCUT2D eigenvalue weighted by Crippen LogP contribution is 2.39. The highest BCUT2D eigenvalue weighted by atomic mass is 32.2. The van der Waals surface area contributed by atoms with Crippen molar-refractivity contribution in [2.24, 2.45) is 0 Å². The summed E-state index contributed by atoms with van der Waals surface area (Å²) in [6.45, 7) is 0. The van der Waals surface area contributed by atoms with Crippen molar-refractivity contribution in [1.82, 2.24) is 9.97 Å². The minimum absolute atomic E-state index is 0.0278. The van der Waals surface area contributed by atoms with Crippen molar-refractivity contribution >= 4 is 40.1 Å². The second-order valence-electron chi connectivity index (χ2n) is 5.90. The molecule has 2 aromatic rings. The van der Waals surface area contributed by atoms with E-state index in [0.717, 1.165) is 37.0 Å². The molecule has 0 bridgehead atoms. The molecular weight excluding hydrogens is 396 g/mol. The van der Waals surface area contributed by atoms with Gasteiger partial charge in [-0.05, 0) is 36.7 Å². The van der Waals surface area contributed by atoms with Crippen LogP contribution in [0.25, 0.3) is 0 Å². The van der Waals surface area contributed by atoms with Gasteiger partial charge >= 0.3 is 5.97 Å². The largest absolute Gasteiger partial charge is 0.465 e. The fourth-order valence-corrected chi connectivity index (χ4v) is 4.55. The van der Waals surface area contributed by atoms with Crippen LogP contribution in [-0.4, -0.2) is 34.7 Å². The van der Waals surface area contributed by atoms with Crippen molar-refractivity contribution in [3.05, 3.63) is 34.5 Å². The monoisotopic (exact) mass is 413 g/mol. The van der Waals surface area contributed by atoms with Crippen molar-refractivity contribution in [2.45, 2.75) is 42.4 Å². The molecule has 0 spiro atoms. The lowest BCUT2D eigenvalue weighted by Crippen LogP contribution is -2.14. The van der Waals surface area contributed by atoms with E-state index in [2.05, 4.69) is 15.3 Å². The highest BCUT2D eigenvalue weighted by molar-refractivity contribution is 7.99. The molecule has 0 aliphatic heterocycles. The van der Waals surface area contributed by atoms with Crippen LogP contribution in [0.5, 0.6) is 0 Å². The minimum atomic E-state index is -2.69. The molecule has 0 aromatic carbocycles. The van der Waals surface area contributed by atoms with Crippen LogP contribution in [0.2, 0.25) is 0 Å². The number of halogens is 2. The van der Waals surface area contributed by atoms with E-state index in [1.54, 1.807) is 0 Å². The summed E-state index contributed by atoms with van der Waals surface area (Å²) in [6.07, 6.45) is 5.33. The topological polar surface area (TPSA) is 81.2 Å². The zero-order valence-corrected chi connectivity index (χ0v) is 16.0. The fourth-order valence-electron chi connectivity index (χ4n) is 3.01. The molecule has 1 saturated carbocycles. The molecule has 1 aliphatic carbocycles. The van der Waals surface area contributed by atoms with Crippen LogP contribution in [0.15, 0.2) is 23.4 Å². The average Bonchev–Trinajstić information content (AvgIpc) is 3.30. The van der Waals surface area contributed by atoms with E-state index in [1.165, 1.54) is 25.4 Å². The molecule has 1 amide bonds. The number of rotatable bonds is 6. The van der Waals surface area contributed by atoms with Crippen LogP contribution in [0.4, 0.5) is 13.9 Å². The molecule has 1 aliphatic rings. The molecule has 2 heterocycles. The average molecular weight is 413 g/mol. The summed E-state index contributed by atoms with van der Waals surface area (Å²) in [4.78, 5) is 33.2. The molecular formula is C17H17F2N3O3S2. The Morgan fingerprint density at radius 1 is 1.37 bits per heavy atom. The SMILES string of the molecule is COC(=O)c1sc(NC(=O)c2cccnc2SC(F)F)nc1C1CCCC1. The Bertz CT molecular complexity index is 839. The minimum Gasteiger partial charge on any atom is -0.465 e. The Morgan fingerprint density at radius 3 is 2.78 bits per heavy atom. The van der Waals surface area contributed by atoms with Crippen molar-refractivity contribution < 1.29 is 23.1 Å². The molecule has 27 heavy (non-hydrogen) atoms. The lowest BCUT2D eigenvalue weighted by atomic mass is 10.0. The maximum absolute atomic E-state index is 12.7. The van der Waals surface area contributed by atoms with E-state index in [0.29, 0.717) is 10.6 Å². The second-order valence-corrected chi connectivity index (χ2v) is 7.87. The number of hydrogen-bond acceptors (Lipinski definition) is 7. The van der Waals surface area contributed by atoms with Gasteiger partial charge in [0, 0.05) is 12.1 Å². The summed E-state index contributed by atoms with van der Waals surface area (Å²) in [7, 11) is 1.29. The molecule has 2 aromatic heterocycles. The van der Waals surface area contributed by atoms with Gasteiger partial charge in [0.25, 0.3) is 11.7 Å². The normalized spacial score (nSPS) is 14.5. The molecule has 3 rings (SSSR count). The van der Waals surface area contributed by atoms with Gasteiger partial charge in [-0.3, -0.25) is 10.1 Å². The van der Waals surface area contributed by atoms with Gasteiger partial charge in [-0.15, -0.1) is 0 Å². The lowest BCUT2D eigenvalue weighted by molar-refractivity contribution is 0.0604. The fraction of sp³-hybridized carbons (Fsp3) is 0.412. The Balaban J connectivity index is 1.85. The van der Waals surface area contributed by atoms with E-state index < -0.39 is 17.6 Å². The number of nitrogens with one attached hydrogen (secondary N) is 1.